The molecule has 0 aromatic carbocycles. The number of alkyl halides is 2. The van der Waals surface area contributed by atoms with E-state index in [1.165, 1.54) is 22.8 Å². The zero-order chi connectivity index (χ0) is 31.4. The summed E-state index contributed by atoms with van der Waals surface area (Å²) in [7, 11) is 0. The van der Waals surface area contributed by atoms with Gasteiger partial charge in [0.1, 0.15) is 5.82 Å². The lowest BCUT2D eigenvalue weighted by atomic mass is 9.90. The molecule has 0 bridgehead atoms. The molecule has 1 fully saturated rings. The highest BCUT2D eigenvalue weighted by molar-refractivity contribution is 5.75. The number of halogens is 3. The number of rotatable bonds is 8. The molecule has 4 aromatic heterocycles. The molecule has 238 valence electrons. The van der Waals surface area contributed by atoms with Gasteiger partial charge in [0.05, 0.1) is 36.9 Å². The first-order valence-electron chi connectivity index (χ1n) is 15.2. The van der Waals surface area contributed by atoms with Crippen LogP contribution in [0.2, 0.25) is 0 Å². The van der Waals surface area contributed by atoms with Crippen LogP contribution in [0, 0.1) is 12.7 Å². The lowest BCUT2D eigenvalue weighted by Gasteiger charge is -2.35. The number of fused-ring (bicyclic) bond motifs is 2. The summed E-state index contributed by atoms with van der Waals surface area (Å²) in [6.45, 7) is 5.05. The summed E-state index contributed by atoms with van der Waals surface area (Å²) in [6.07, 6.45) is 8.12. The van der Waals surface area contributed by atoms with Crippen molar-refractivity contribution < 1.29 is 27.8 Å². The average molecular weight is 616 g/mol. The summed E-state index contributed by atoms with van der Waals surface area (Å²) in [5, 5.41) is 19.3. The minimum Gasteiger partial charge on any atom is -0.479 e. The number of ether oxygens (including phenoxy) is 2. The van der Waals surface area contributed by atoms with E-state index < -0.39 is 25.1 Å². The standard InChI is InChI=1S/C29H34F3N7O3.C2H6/c1-17-23-8-9-37(21-5-3-20(33)4-6-21)10-11-38(23)36-27(17)18-12-24(28-25(42-29(31)32)14-35-39(28)15-18)41-26(16-40)22-7-2-19(30)13-34-22;1-2/h2,7,12-15,20-21,26,29,40H,3-6,8-11,16,33H2,1H3;1-2H3. The second-order valence-corrected chi connectivity index (χ2v) is 11.0. The molecule has 5 heterocycles. The molecule has 1 aliphatic carbocycles. The summed E-state index contributed by atoms with van der Waals surface area (Å²) < 4.78 is 54.2. The van der Waals surface area contributed by atoms with E-state index in [4.69, 9.17) is 20.3 Å². The third-order valence-corrected chi connectivity index (χ3v) is 8.36. The summed E-state index contributed by atoms with van der Waals surface area (Å²) in [4.78, 5) is 6.58. The quantitative estimate of drug-likeness (QED) is 0.288. The molecular weight excluding hydrogens is 575 g/mol. The minimum absolute atomic E-state index is 0.134. The number of nitrogens with two attached hydrogens (primary N) is 1. The van der Waals surface area contributed by atoms with E-state index in [0.29, 0.717) is 17.6 Å². The Balaban J connectivity index is 0.00000188. The highest BCUT2D eigenvalue weighted by atomic mass is 19.3. The molecule has 0 spiro atoms. The molecule has 1 aliphatic heterocycles. The number of aromatic nitrogens is 5. The van der Waals surface area contributed by atoms with Crippen LogP contribution in [-0.2, 0) is 13.0 Å². The molecule has 1 saturated carbocycles. The summed E-state index contributed by atoms with van der Waals surface area (Å²) in [5.74, 6) is -0.587. The van der Waals surface area contributed by atoms with Crippen molar-refractivity contribution in [1.82, 2.24) is 29.3 Å². The Morgan fingerprint density at radius 1 is 1.05 bits per heavy atom. The highest BCUT2D eigenvalue weighted by Gasteiger charge is 2.28. The summed E-state index contributed by atoms with van der Waals surface area (Å²) >= 11 is 0. The second kappa shape index (κ2) is 14.0. The van der Waals surface area contributed by atoms with Crippen LogP contribution in [0.25, 0.3) is 16.8 Å². The maximum atomic E-state index is 13.5. The number of hydrogen-bond donors (Lipinski definition) is 2. The van der Waals surface area contributed by atoms with E-state index in [1.54, 1.807) is 12.3 Å². The van der Waals surface area contributed by atoms with Gasteiger partial charge in [-0.2, -0.15) is 19.0 Å². The van der Waals surface area contributed by atoms with Crippen LogP contribution in [0.4, 0.5) is 13.2 Å². The van der Waals surface area contributed by atoms with E-state index in [2.05, 4.69) is 19.7 Å². The van der Waals surface area contributed by atoms with E-state index in [9.17, 15) is 18.3 Å². The molecule has 1 unspecified atom stereocenters. The van der Waals surface area contributed by atoms with Crippen molar-refractivity contribution >= 4 is 5.52 Å². The van der Waals surface area contributed by atoms with Crippen molar-refractivity contribution in [1.29, 1.82) is 0 Å². The zero-order valence-corrected chi connectivity index (χ0v) is 25.3. The normalized spacial score (nSPS) is 19.7. The number of pyridine rings is 2. The first kappa shape index (κ1) is 31.7. The van der Waals surface area contributed by atoms with Crippen molar-refractivity contribution in [3.05, 3.63) is 59.6 Å². The summed E-state index contributed by atoms with van der Waals surface area (Å²) in [6, 6.07) is 5.14. The van der Waals surface area contributed by atoms with Crippen LogP contribution in [0.15, 0.2) is 36.8 Å². The number of hydrogen-bond acceptors (Lipinski definition) is 8. The molecule has 1 atom stereocenters. The molecule has 4 aromatic rings. The maximum Gasteiger partial charge on any atom is 0.387 e. The van der Waals surface area contributed by atoms with Crippen molar-refractivity contribution in [3.8, 4) is 22.8 Å². The molecule has 10 nitrogen and oxygen atoms in total. The molecule has 2 aliphatic rings. The fourth-order valence-electron chi connectivity index (χ4n) is 6.16. The molecule has 0 radical (unpaired) electrons. The molecule has 3 N–H and O–H groups in total. The number of aliphatic hydroxyl groups excluding tert-OH is 1. The SMILES string of the molecule is CC.Cc1c(-c2cc(OC(CO)c3ccc(F)cn3)c3c(OC(F)F)cnn3c2)nn2c1CCN(C1CCC(N)CC1)CC2. The predicted octanol–water partition coefficient (Wildman–Crippen LogP) is 4.91. The van der Waals surface area contributed by atoms with Crippen molar-refractivity contribution in [2.75, 3.05) is 19.7 Å². The van der Waals surface area contributed by atoms with E-state index in [-0.39, 0.29) is 22.7 Å². The Morgan fingerprint density at radius 2 is 1.82 bits per heavy atom. The van der Waals surface area contributed by atoms with Crippen LogP contribution in [0.5, 0.6) is 11.5 Å². The van der Waals surface area contributed by atoms with Crippen LogP contribution in [0.3, 0.4) is 0 Å². The van der Waals surface area contributed by atoms with E-state index in [0.717, 1.165) is 74.9 Å². The lowest BCUT2D eigenvalue weighted by Crippen LogP contribution is -2.42. The third kappa shape index (κ3) is 6.69. The van der Waals surface area contributed by atoms with Gasteiger partial charge in [0.2, 0.25) is 0 Å². The molecule has 6 rings (SSSR count). The van der Waals surface area contributed by atoms with Gasteiger partial charge >= 0.3 is 6.61 Å². The van der Waals surface area contributed by atoms with Gasteiger partial charge < -0.3 is 20.3 Å². The average Bonchev–Trinajstić information content (AvgIpc) is 3.49. The fraction of sp³-hybridized carbons (Fsp3) is 0.516. The Bertz CT molecular complexity index is 1530. The Hall–Kier alpha value is -3.68. The topological polar surface area (TPSA) is 116 Å². The van der Waals surface area contributed by atoms with Crippen LogP contribution in [0.1, 0.15) is 62.6 Å². The minimum atomic E-state index is -3.08. The monoisotopic (exact) mass is 615 g/mol. The van der Waals surface area contributed by atoms with Gasteiger partial charge in [-0.1, -0.05) is 13.8 Å². The number of aliphatic hydroxyl groups is 1. The largest absolute Gasteiger partial charge is 0.479 e. The Kier molecular flexibility index (Phi) is 10.1. The Labute approximate surface area is 254 Å². The fourth-order valence-corrected chi connectivity index (χ4v) is 6.16. The van der Waals surface area contributed by atoms with Crippen molar-refractivity contribution in [2.45, 2.75) is 84.2 Å². The Morgan fingerprint density at radius 3 is 2.50 bits per heavy atom. The van der Waals surface area contributed by atoms with E-state index >= 15 is 0 Å². The third-order valence-electron chi connectivity index (χ3n) is 8.36. The van der Waals surface area contributed by atoms with E-state index in [1.807, 2.05) is 20.8 Å². The summed E-state index contributed by atoms with van der Waals surface area (Å²) in [5.41, 5.74) is 10.1. The van der Waals surface area contributed by atoms with Crippen molar-refractivity contribution in [2.24, 2.45) is 5.73 Å². The van der Waals surface area contributed by atoms with Crippen molar-refractivity contribution in [3.63, 3.8) is 0 Å². The smallest absolute Gasteiger partial charge is 0.387 e. The van der Waals surface area contributed by atoms with Gasteiger partial charge in [-0.25, -0.2) is 8.91 Å². The molecule has 44 heavy (non-hydrogen) atoms. The van der Waals surface area contributed by atoms with Gasteiger partial charge in [-0.15, -0.1) is 0 Å². The van der Waals surface area contributed by atoms with Crippen LogP contribution >= 0.6 is 0 Å². The lowest BCUT2D eigenvalue weighted by molar-refractivity contribution is -0.0489. The number of nitrogens with zero attached hydrogens (tertiary/aromatic N) is 6. The van der Waals surface area contributed by atoms with Gasteiger partial charge in [0.15, 0.2) is 23.1 Å². The van der Waals surface area contributed by atoms with Gasteiger partial charge in [0.25, 0.3) is 0 Å². The maximum absolute atomic E-state index is 13.5. The van der Waals surface area contributed by atoms with Gasteiger partial charge in [-0.3, -0.25) is 14.6 Å². The molecule has 0 amide bonds. The highest BCUT2D eigenvalue weighted by Crippen LogP contribution is 2.38. The first-order valence-corrected chi connectivity index (χ1v) is 15.2. The predicted molar refractivity (Wildman–Crippen MR) is 159 cm³/mol. The zero-order valence-electron chi connectivity index (χ0n) is 25.3. The molecule has 0 saturated heterocycles. The second-order valence-electron chi connectivity index (χ2n) is 11.0. The molecular formula is C31H40F3N7O3. The van der Waals surface area contributed by atoms with Gasteiger partial charge in [-0.05, 0) is 56.4 Å². The van der Waals surface area contributed by atoms with Gasteiger partial charge in [0, 0.05) is 49.0 Å². The van der Waals surface area contributed by atoms with Crippen LogP contribution in [-0.4, -0.2) is 72.8 Å². The van der Waals surface area contributed by atoms with Crippen LogP contribution < -0.4 is 15.2 Å². The first-order chi connectivity index (χ1) is 21.3. The molecule has 13 heteroatoms.